The first-order valence-corrected chi connectivity index (χ1v) is 24.4. The molecule has 0 aliphatic rings. The minimum absolute atomic E-state index is 0.106. The van der Waals surface area contributed by atoms with Gasteiger partial charge in [0.15, 0.2) is 0 Å². The van der Waals surface area contributed by atoms with E-state index in [2.05, 4.69) is 31.9 Å². The third-order valence-corrected chi connectivity index (χ3v) is 12.5. The highest BCUT2D eigenvalue weighted by atomic mass is 32.2. The maximum atomic E-state index is 13.7. The number of carbonyl (C=O) groups is 5. The normalized spacial score (nSPS) is 11.7. The molecule has 0 radical (unpaired) electrons. The highest BCUT2D eigenvalue weighted by Gasteiger charge is 2.25. The van der Waals surface area contributed by atoms with Gasteiger partial charge in [-0.15, -0.1) is 0 Å². The van der Waals surface area contributed by atoms with E-state index < -0.39 is 118 Å². The Morgan fingerprint density at radius 2 is 0.632 bits per heavy atom. The van der Waals surface area contributed by atoms with Crippen LogP contribution in [0, 0.1) is 0 Å². The summed E-state index contributed by atoms with van der Waals surface area (Å²) in [4.78, 5) is 63.5. The molecule has 0 aliphatic carbocycles. The van der Waals surface area contributed by atoms with Crippen molar-refractivity contribution in [3.8, 4) is 0 Å². The van der Waals surface area contributed by atoms with Crippen molar-refractivity contribution in [2.24, 2.45) is 0 Å². The fourth-order valence-corrected chi connectivity index (χ4v) is 8.52. The third-order valence-electron chi connectivity index (χ3n) is 9.05. The topological polar surface area (TPSA) is 375 Å². The minimum Gasteiger partial charge on any atom is -0.322 e. The Morgan fingerprint density at radius 3 is 0.926 bits per heavy atom. The lowest BCUT2D eigenvalue weighted by atomic mass is 10.1. The highest BCUT2D eigenvalue weighted by Crippen LogP contribution is 2.29. The lowest BCUT2D eigenvalue weighted by Gasteiger charge is -2.15. The van der Waals surface area contributed by atoms with Crippen LogP contribution in [0.3, 0.4) is 0 Å². The van der Waals surface area contributed by atoms with Crippen molar-refractivity contribution < 1.29 is 75.9 Å². The van der Waals surface area contributed by atoms with E-state index in [-0.39, 0.29) is 16.8 Å². The van der Waals surface area contributed by atoms with E-state index in [9.17, 15) is 75.9 Å². The second-order valence-electron chi connectivity index (χ2n) is 13.9. The Balaban J connectivity index is 1.38. The summed E-state index contributed by atoms with van der Waals surface area (Å²) in [6.07, 6.45) is 0. The quantitative estimate of drug-likeness (QED) is 0.0617. The molecule has 0 spiro atoms. The predicted molar refractivity (Wildman–Crippen MR) is 242 cm³/mol. The molecule has 352 valence electrons. The number of benzene rings is 6. The van der Waals surface area contributed by atoms with E-state index in [0.29, 0.717) is 47.8 Å². The molecule has 6 aromatic carbocycles. The lowest BCUT2D eigenvalue weighted by molar-refractivity contribution is 0.101. The summed E-state index contributed by atoms with van der Waals surface area (Å²) < 4.78 is 134. The first kappa shape index (κ1) is 49.5. The van der Waals surface area contributed by atoms with Gasteiger partial charge in [0, 0.05) is 45.0 Å². The van der Waals surface area contributed by atoms with E-state index in [1.807, 2.05) is 0 Å². The molecule has 0 fully saturated rings. The Kier molecular flexibility index (Phi) is 14.2. The van der Waals surface area contributed by atoms with E-state index in [1.54, 1.807) is 60.7 Å². The molecule has 0 unspecified atom stereocenters. The number of nitrogens with one attached hydrogen (secondary N) is 6. The molecule has 0 aromatic heterocycles. The van der Waals surface area contributed by atoms with Crippen LogP contribution in [0.4, 0.5) is 38.9 Å². The fourth-order valence-electron chi connectivity index (χ4n) is 6.02. The summed E-state index contributed by atoms with van der Waals surface area (Å²) in [6.45, 7) is 0. The second-order valence-corrected chi connectivity index (χ2v) is 19.6. The molecule has 0 saturated carbocycles. The van der Waals surface area contributed by atoms with Crippen molar-refractivity contribution in [2.45, 2.75) is 19.6 Å². The van der Waals surface area contributed by atoms with Crippen LogP contribution in [0.15, 0.2) is 153 Å². The van der Waals surface area contributed by atoms with Gasteiger partial charge in [-0.3, -0.25) is 37.4 Å². The highest BCUT2D eigenvalue weighted by molar-refractivity contribution is 7.87. The monoisotopic (exact) mass is 1010 g/mol. The Hall–Kier alpha value is -7.89. The molecule has 6 aromatic rings. The van der Waals surface area contributed by atoms with Crippen LogP contribution in [0.2, 0.25) is 0 Å². The van der Waals surface area contributed by atoms with Gasteiger partial charge < -0.3 is 31.9 Å². The summed E-state index contributed by atoms with van der Waals surface area (Å²) in [5.74, 6) is -4.01. The van der Waals surface area contributed by atoms with Gasteiger partial charge in [0.2, 0.25) is 0 Å². The van der Waals surface area contributed by atoms with Crippen LogP contribution < -0.4 is 31.9 Å². The van der Waals surface area contributed by atoms with Gasteiger partial charge in [0.25, 0.3) is 64.1 Å². The smallest absolute Gasteiger partial charge is 0.322 e. The third kappa shape index (κ3) is 12.7. The van der Waals surface area contributed by atoms with Crippen LogP contribution in [-0.4, -0.2) is 81.5 Å². The van der Waals surface area contributed by atoms with Crippen molar-refractivity contribution in [3.05, 3.63) is 156 Å². The Labute approximate surface area is 385 Å². The van der Waals surface area contributed by atoms with Gasteiger partial charge in [-0.1, -0.05) is 36.4 Å². The molecule has 0 heterocycles. The number of hydrogen-bond acceptors (Lipinski definition) is 13. The molecule has 0 aliphatic heterocycles. The van der Waals surface area contributed by atoms with Gasteiger partial charge in [0.05, 0.1) is 21.2 Å². The largest absolute Gasteiger partial charge is 0.323 e. The molecule has 0 bridgehead atoms. The maximum Gasteiger partial charge on any atom is 0.323 e. The van der Waals surface area contributed by atoms with E-state index >= 15 is 0 Å². The summed E-state index contributed by atoms with van der Waals surface area (Å²) in [5, 5.41) is 14.2. The van der Waals surface area contributed by atoms with Crippen LogP contribution in [-0.2, 0) is 40.5 Å². The fraction of sp³-hybridized carbons (Fsp3) is 0. The first-order valence-electron chi connectivity index (χ1n) is 18.7. The van der Waals surface area contributed by atoms with E-state index in [1.165, 1.54) is 18.2 Å². The van der Waals surface area contributed by atoms with Gasteiger partial charge in [-0.05, 0) is 97.1 Å². The average molecular weight is 1010 g/mol. The van der Waals surface area contributed by atoms with Crippen LogP contribution in [0.25, 0.3) is 0 Å². The van der Waals surface area contributed by atoms with Crippen LogP contribution >= 0.6 is 0 Å². The summed E-state index contributed by atoms with van der Waals surface area (Å²) >= 11 is 0. The molecular weight excluding hydrogens is 977 g/mol. The molecule has 23 nitrogen and oxygen atoms in total. The molecule has 6 amide bonds. The molecule has 0 saturated heterocycles. The molecular formula is C41H32N6O17S4. The number of para-hydroxylation sites is 2. The summed E-state index contributed by atoms with van der Waals surface area (Å²) in [5.41, 5.74) is -2.73. The molecule has 68 heavy (non-hydrogen) atoms. The van der Waals surface area contributed by atoms with Crippen molar-refractivity contribution in [1.82, 2.24) is 0 Å². The van der Waals surface area contributed by atoms with E-state index in [4.69, 9.17) is 0 Å². The zero-order valence-electron chi connectivity index (χ0n) is 33.9. The lowest BCUT2D eigenvalue weighted by Crippen LogP contribution is -2.23. The van der Waals surface area contributed by atoms with Crippen LogP contribution in [0.5, 0.6) is 0 Å². The maximum absolute atomic E-state index is 13.7. The number of hydrogen-bond donors (Lipinski definition) is 10. The Morgan fingerprint density at radius 1 is 0.324 bits per heavy atom. The van der Waals surface area contributed by atoms with Crippen molar-refractivity contribution in [3.63, 3.8) is 0 Å². The average Bonchev–Trinajstić information content (AvgIpc) is 3.25. The second kappa shape index (κ2) is 19.5. The van der Waals surface area contributed by atoms with Gasteiger partial charge >= 0.3 is 6.03 Å². The zero-order chi connectivity index (χ0) is 49.8. The Bertz CT molecular complexity index is 3290. The zero-order valence-corrected chi connectivity index (χ0v) is 37.2. The summed E-state index contributed by atoms with van der Waals surface area (Å²) in [6, 6.07) is 24.9. The molecule has 27 heteroatoms. The first-order chi connectivity index (χ1) is 31.7. The van der Waals surface area contributed by atoms with Gasteiger partial charge in [0.1, 0.15) is 9.79 Å². The standard InChI is InChI=1S/C41H32N6O17S4/c48-37(42-27-7-3-1-4-8-27)23-15-24(38(49)43-28-9-5-2-6-10-28)18-29(17-23)44-41(52)45-30-19-25(39(50)46-33-13-11-31(65(53,54)55)21-35(33)67(59,60)61)16-26(20-30)40(51)47-34-14-12-32(66(56,57)58)22-36(34)68(62,63)64/h1-22H,(H,42,48)(H,43,49)(H,46,50)(H,47,51)(H2,44,45,52)(H,53,54,55)(H,56,57,58)(H,59,60,61)(H,62,63,64). The molecule has 10 N–H and O–H groups in total. The van der Waals surface area contributed by atoms with Crippen LogP contribution in [0.1, 0.15) is 41.4 Å². The number of rotatable bonds is 14. The van der Waals surface area contributed by atoms with Crippen molar-refractivity contribution >= 4 is 104 Å². The number of carbonyl (C=O) groups excluding carboxylic acids is 5. The van der Waals surface area contributed by atoms with Crippen molar-refractivity contribution in [1.29, 1.82) is 0 Å². The van der Waals surface area contributed by atoms with E-state index in [0.717, 1.165) is 18.2 Å². The minimum atomic E-state index is -5.32. The SMILES string of the molecule is O=C(Nc1cc(C(=O)Nc2ccccc2)cc(C(=O)Nc2ccccc2)c1)Nc1cc(C(=O)Nc2ccc(S(=O)(=O)O)cc2S(=O)(=O)O)cc(C(=O)Nc2ccc(S(=O)(=O)O)cc2S(=O)(=O)O)c1. The number of urea groups is 1. The summed E-state index contributed by atoms with van der Waals surface area (Å²) in [7, 11) is -20.7. The van der Waals surface area contributed by atoms with Gasteiger partial charge in [-0.2, -0.15) is 33.7 Å². The predicted octanol–water partition coefficient (Wildman–Crippen LogP) is 5.33. The molecule has 0 atom stereocenters. The van der Waals surface area contributed by atoms with Gasteiger partial charge in [-0.25, -0.2) is 4.79 Å². The van der Waals surface area contributed by atoms with Crippen molar-refractivity contribution in [2.75, 3.05) is 31.9 Å². The molecule has 6 rings (SSSR count). The number of amides is 6. The number of anilines is 6.